The maximum Gasteiger partial charge on any atom is 0.128 e. The Morgan fingerprint density at radius 3 is 2.72 bits per heavy atom. The van der Waals surface area contributed by atoms with E-state index < -0.39 is 0 Å². The van der Waals surface area contributed by atoms with Gasteiger partial charge in [-0.25, -0.2) is 4.39 Å². The molecule has 0 unspecified atom stereocenters. The molecule has 2 aromatic carbocycles. The van der Waals surface area contributed by atoms with Gasteiger partial charge in [-0.3, -0.25) is 0 Å². The summed E-state index contributed by atoms with van der Waals surface area (Å²) in [7, 11) is 0. The van der Waals surface area contributed by atoms with Crippen molar-refractivity contribution in [2.24, 2.45) is 0 Å². The van der Waals surface area contributed by atoms with Gasteiger partial charge in [-0.05, 0) is 60.2 Å². The van der Waals surface area contributed by atoms with Crippen LogP contribution in [0.5, 0.6) is 0 Å². The Bertz CT molecular complexity index is 564. The quantitative estimate of drug-likeness (QED) is 0.790. The zero-order valence-electron chi connectivity index (χ0n) is 10.4. The lowest BCUT2D eigenvalue weighted by molar-refractivity contribution is 0.612. The third-order valence-corrected chi connectivity index (χ3v) is 4.11. The van der Waals surface area contributed by atoms with Crippen molar-refractivity contribution < 1.29 is 4.39 Å². The molecule has 18 heavy (non-hydrogen) atoms. The van der Waals surface area contributed by atoms with Crippen LogP contribution in [-0.2, 0) is 6.54 Å². The summed E-state index contributed by atoms with van der Waals surface area (Å²) in [5.41, 5.74) is 4.04. The van der Waals surface area contributed by atoms with Gasteiger partial charge in [0.25, 0.3) is 0 Å². The maximum atomic E-state index is 13.6. The lowest BCUT2D eigenvalue weighted by Crippen LogP contribution is -2.04. The first-order chi connectivity index (χ1) is 8.58. The second-order valence-electron chi connectivity index (χ2n) is 4.36. The minimum absolute atomic E-state index is 0.156. The second-order valence-corrected chi connectivity index (χ2v) is 5.52. The van der Waals surface area contributed by atoms with Crippen molar-refractivity contribution in [2.45, 2.75) is 20.4 Å². The Labute approximate surface area is 121 Å². The van der Waals surface area contributed by atoms with Gasteiger partial charge in [0.15, 0.2) is 0 Å². The summed E-state index contributed by atoms with van der Waals surface area (Å²) in [6.45, 7) is 4.55. The first kappa shape index (κ1) is 13.3. The number of anilines is 1. The molecule has 0 radical (unpaired) electrons. The number of hydrogen-bond acceptors (Lipinski definition) is 1. The summed E-state index contributed by atoms with van der Waals surface area (Å²) in [6.07, 6.45) is 0. The number of aryl methyl sites for hydroxylation is 1. The van der Waals surface area contributed by atoms with E-state index in [-0.39, 0.29) is 5.82 Å². The summed E-state index contributed by atoms with van der Waals surface area (Å²) >= 11 is 2.30. The van der Waals surface area contributed by atoms with Crippen molar-refractivity contribution in [1.82, 2.24) is 0 Å². The van der Waals surface area contributed by atoms with E-state index in [0.717, 1.165) is 11.3 Å². The standard InChI is InChI=1S/C15H15FIN/c1-10-6-7-13(16)12(8-10)9-18-15-5-3-4-14(17)11(15)2/h3-8,18H,9H2,1-2H3. The zero-order valence-corrected chi connectivity index (χ0v) is 12.6. The largest absolute Gasteiger partial charge is 0.381 e. The molecule has 1 N–H and O–H groups in total. The molecule has 0 aliphatic rings. The van der Waals surface area contributed by atoms with E-state index in [0.29, 0.717) is 12.1 Å². The molecule has 0 atom stereocenters. The summed E-state index contributed by atoms with van der Waals surface area (Å²) in [6, 6.07) is 11.3. The Morgan fingerprint density at radius 1 is 1.17 bits per heavy atom. The molecule has 0 bridgehead atoms. The molecule has 0 fully saturated rings. The average Bonchev–Trinajstić information content (AvgIpc) is 2.35. The highest BCUT2D eigenvalue weighted by molar-refractivity contribution is 14.1. The van der Waals surface area contributed by atoms with Gasteiger partial charge in [0, 0.05) is 21.4 Å². The molecule has 0 saturated heterocycles. The van der Waals surface area contributed by atoms with Crippen LogP contribution in [0.3, 0.4) is 0 Å². The number of halogens is 2. The summed E-state index contributed by atoms with van der Waals surface area (Å²) in [5.74, 6) is -0.156. The second kappa shape index (κ2) is 5.69. The van der Waals surface area contributed by atoms with E-state index >= 15 is 0 Å². The van der Waals surface area contributed by atoms with E-state index in [4.69, 9.17) is 0 Å². The predicted octanol–water partition coefficient (Wildman–Crippen LogP) is 4.66. The van der Waals surface area contributed by atoms with Crippen LogP contribution < -0.4 is 5.32 Å². The highest BCUT2D eigenvalue weighted by Crippen LogP contribution is 2.21. The van der Waals surface area contributed by atoms with Crippen LogP contribution in [0.2, 0.25) is 0 Å². The highest BCUT2D eigenvalue weighted by Gasteiger charge is 2.04. The van der Waals surface area contributed by atoms with E-state index in [9.17, 15) is 4.39 Å². The lowest BCUT2D eigenvalue weighted by atomic mass is 10.1. The third kappa shape index (κ3) is 3.02. The SMILES string of the molecule is Cc1ccc(F)c(CNc2cccc(I)c2C)c1. The van der Waals surface area contributed by atoms with Gasteiger partial charge in [-0.15, -0.1) is 0 Å². The minimum Gasteiger partial charge on any atom is -0.381 e. The fourth-order valence-electron chi connectivity index (χ4n) is 1.83. The first-order valence-corrected chi connectivity index (χ1v) is 6.90. The molecule has 0 aliphatic carbocycles. The van der Waals surface area contributed by atoms with Gasteiger partial charge < -0.3 is 5.32 Å². The van der Waals surface area contributed by atoms with E-state index in [1.165, 1.54) is 15.2 Å². The van der Waals surface area contributed by atoms with Gasteiger partial charge >= 0.3 is 0 Å². The zero-order chi connectivity index (χ0) is 13.1. The van der Waals surface area contributed by atoms with Crippen molar-refractivity contribution in [1.29, 1.82) is 0 Å². The number of rotatable bonds is 3. The monoisotopic (exact) mass is 355 g/mol. The molecule has 2 aromatic rings. The number of nitrogens with one attached hydrogen (secondary N) is 1. The van der Waals surface area contributed by atoms with Gasteiger partial charge in [0.2, 0.25) is 0 Å². The van der Waals surface area contributed by atoms with Gasteiger partial charge in [0.05, 0.1) is 0 Å². The van der Waals surface area contributed by atoms with E-state index in [1.54, 1.807) is 6.07 Å². The van der Waals surface area contributed by atoms with Crippen LogP contribution >= 0.6 is 22.6 Å². The molecule has 0 heterocycles. The average molecular weight is 355 g/mol. The van der Waals surface area contributed by atoms with Crippen molar-refractivity contribution >= 4 is 28.3 Å². The van der Waals surface area contributed by atoms with Gasteiger partial charge in [-0.1, -0.05) is 23.8 Å². The molecule has 0 amide bonds. The molecule has 94 valence electrons. The summed E-state index contributed by atoms with van der Waals surface area (Å²) < 4.78 is 14.8. The van der Waals surface area contributed by atoms with Gasteiger partial charge in [0.1, 0.15) is 5.82 Å². The van der Waals surface area contributed by atoms with Gasteiger partial charge in [-0.2, -0.15) is 0 Å². The van der Waals surface area contributed by atoms with E-state index in [1.807, 2.05) is 25.1 Å². The predicted molar refractivity (Wildman–Crippen MR) is 82.4 cm³/mol. The Kier molecular flexibility index (Phi) is 4.22. The molecule has 0 spiro atoms. The van der Waals surface area contributed by atoms with Crippen molar-refractivity contribution in [3.05, 3.63) is 62.5 Å². The smallest absolute Gasteiger partial charge is 0.128 e. The van der Waals surface area contributed by atoms with Crippen LogP contribution in [0.4, 0.5) is 10.1 Å². The molecule has 0 aromatic heterocycles. The van der Waals surface area contributed by atoms with Crippen molar-refractivity contribution in [3.8, 4) is 0 Å². The van der Waals surface area contributed by atoms with Crippen LogP contribution in [-0.4, -0.2) is 0 Å². The van der Waals surface area contributed by atoms with Crippen molar-refractivity contribution in [3.63, 3.8) is 0 Å². The van der Waals surface area contributed by atoms with Crippen LogP contribution in [0.1, 0.15) is 16.7 Å². The Balaban J connectivity index is 2.16. The molecule has 0 saturated carbocycles. The van der Waals surface area contributed by atoms with Crippen LogP contribution in [0.25, 0.3) is 0 Å². The number of benzene rings is 2. The third-order valence-electron chi connectivity index (χ3n) is 2.94. The molecule has 3 heteroatoms. The lowest BCUT2D eigenvalue weighted by Gasteiger charge is -2.11. The van der Waals surface area contributed by atoms with Crippen LogP contribution in [0, 0.1) is 23.2 Å². The van der Waals surface area contributed by atoms with Crippen LogP contribution in [0.15, 0.2) is 36.4 Å². The maximum absolute atomic E-state index is 13.6. The molecule has 0 aliphatic heterocycles. The molecule has 2 rings (SSSR count). The molecule has 1 nitrogen and oxygen atoms in total. The Morgan fingerprint density at radius 2 is 1.94 bits per heavy atom. The summed E-state index contributed by atoms with van der Waals surface area (Å²) in [5, 5.41) is 3.29. The minimum atomic E-state index is -0.156. The van der Waals surface area contributed by atoms with Crippen molar-refractivity contribution in [2.75, 3.05) is 5.32 Å². The fraction of sp³-hybridized carbons (Fsp3) is 0.200. The van der Waals surface area contributed by atoms with E-state index in [2.05, 4.69) is 40.9 Å². The first-order valence-electron chi connectivity index (χ1n) is 5.82. The number of hydrogen-bond donors (Lipinski definition) is 1. The fourth-order valence-corrected chi connectivity index (χ4v) is 2.33. The topological polar surface area (TPSA) is 12.0 Å². The Hall–Kier alpha value is -1.10. The highest BCUT2D eigenvalue weighted by atomic mass is 127. The molecular formula is C15H15FIN. The molecular weight excluding hydrogens is 340 g/mol. The normalized spacial score (nSPS) is 10.4. The summed E-state index contributed by atoms with van der Waals surface area (Å²) in [4.78, 5) is 0.